The SMILES string of the molecule is CCOC(=O)Cn1c(CN2C[C@@H](C)O[C@@H](C)C2)nc2c1c(=O)n(C)c(=O)n2C. The quantitative estimate of drug-likeness (QED) is 0.638. The van der Waals surface area contributed by atoms with Crippen molar-refractivity contribution in [1.29, 1.82) is 0 Å². The summed E-state index contributed by atoms with van der Waals surface area (Å²) in [5, 5.41) is 0. The van der Waals surface area contributed by atoms with Gasteiger partial charge in [0.05, 0.1) is 25.4 Å². The highest BCUT2D eigenvalue weighted by atomic mass is 16.5. The molecule has 0 aromatic carbocycles. The smallest absolute Gasteiger partial charge is 0.332 e. The lowest BCUT2D eigenvalue weighted by Crippen LogP contribution is -2.45. The molecule has 1 fully saturated rings. The van der Waals surface area contributed by atoms with E-state index in [-0.39, 0.29) is 36.5 Å². The molecular formula is C18H27N5O5. The maximum atomic E-state index is 12.8. The molecule has 0 spiro atoms. The molecule has 0 aliphatic carbocycles. The molecule has 3 rings (SSSR count). The highest BCUT2D eigenvalue weighted by molar-refractivity contribution is 5.76. The summed E-state index contributed by atoms with van der Waals surface area (Å²) in [6, 6.07) is 0. The molecule has 2 aromatic heterocycles. The largest absolute Gasteiger partial charge is 0.465 e. The Morgan fingerprint density at radius 2 is 1.82 bits per heavy atom. The molecule has 0 bridgehead atoms. The van der Waals surface area contributed by atoms with Gasteiger partial charge in [-0.25, -0.2) is 9.78 Å². The Bertz CT molecular complexity index is 994. The van der Waals surface area contributed by atoms with Crippen LogP contribution in [-0.4, -0.2) is 61.5 Å². The van der Waals surface area contributed by atoms with E-state index in [4.69, 9.17) is 9.47 Å². The molecule has 154 valence electrons. The number of esters is 1. The predicted molar refractivity (Wildman–Crippen MR) is 102 cm³/mol. The standard InChI is InChI=1S/C18H27N5O5/c1-6-27-14(24)10-23-13(9-22-7-11(2)28-12(3)8-22)19-16-15(23)17(25)21(5)18(26)20(16)4/h11-12H,6-10H2,1-5H3/t11-,12+. The average Bonchev–Trinajstić information content (AvgIpc) is 2.95. The van der Waals surface area contributed by atoms with E-state index in [1.165, 1.54) is 11.6 Å². The fourth-order valence-corrected chi connectivity index (χ4v) is 3.73. The van der Waals surface area contributed by atoms with Gasteiger partial charge in [-0.15, -0.1) is 0 Å². The summed E-state index contributed by atoms with van der Waals surface area (Å²) in [7, 11) is 2.98. The lowest BCUT2D eigenvalue weighted by atomic mass is 10.2. The van der Waals surface area contributed by atoms with Gasteiger partial charge >= 0.3 is 11.7 Å². The van der Waals surface area contributed by atoms with Crippen LogP contribution >= 0.6 is 0 Å². The summed E-state index contributed by atoms with van der Waals surface area (Å²) < 4.78 is 14.8. The summed E-state index contributed by atoms with van der Waals surface area (Å²) in [5.41, 5.74) is -0.452. The minimum Gasteiger partial charge on any atom is -0.465 e. The zero-order chi connectivity index (χ0) is 20.6. The summed E-state index contributed by atoms with van der Waals surface area (Å²) >= 11 is 0. The number of morpholine rings is 1. The summed E-state index contributed by atoms with van der Waals surface area (Å²) in [6.45, 7) is 7.70. The first-order chi connectivity index (χ1) is 13.2. The highest BCUT2D eigenvalue weighted by Crippen LogP contribution is 2.17. The maximum absolute atomic E-state index is 12.8. The Morgan fingerprint density at radius 1 is 1.18 bits per heavy atom. The minimum atomic E-state index is -0.482. The van der Waals surface area contributed by atoms with Gasteiger partial charge in [0, 0.05) is 27.2 Å². The third-order valence-electron chi connectivity index (χ3n) is 4.88. The second-order valence-corrected chi connectivity index (χ2v) is 7.25. The third kappa shape index (κ3) is 3.74. The number of rotatable bonds is 5. The highest BCUT2D eigenvalue weighted by Gasteiger charge is 2.26. The van der Waals surface area contributed by atoms with Crippen LogP contribution in [-0.2, 0) is 41.5 Å². The van der Waals surface area contributed by atoms with Crippen LogP contribution < -0.4 is 11.2 Å². The van der Waals surface area contributed by atoms with Gasteiger partial charge in [-0.2, -0.15) is 0 Å². The van der Waals surface area contributed by atoms with Crippen LogP contribution in [0.1, 0.15) is 26.6 Å². The van der Waals surface area contributed by atoms with E-state index in [1.807, 2.05) is 13.8 Å². The fraction of sp³-hybridized carbons (Fsp3) is 0.667. The predicted octanol–water partition coefficient (Wildman–Crippen LogP) is -0.394. The number of fused-ring (bicyclic) bond motifs is 1. The maximum Gasteiger partial charge on any atom is 0.332 e. The number of nitrogens with zero attached hydrogens (tertiary/aromatic N) is 5. The van der Waals surface area contributed by atoms with Crippen LogP contribution in [0, 0.1) is 0 Å². The normalized spacial score (nSPS) is 20.6. The van der Waals surface area contributed by atoms with Gasteiger partial charge < -0.3 is 14.0 Å². The number of aromatic nitrogens is 4. The molecule has 0 unspecified atom stereocenters. The zero-order valence-corrected chi connectivity index (χ0v) is 17.0. The molecule has 0 saturated carbocycles. The van der Waals surface area contributed by atoms with E-state index in [0.717, 1.165) is 4.57 Å². The third-order valence-corrected chi connectivity index (χ3v) is 4.88. The van der Waals surface area contributed by atoms with Gasteiger partial charge in [0.2, 0.25) is 0 Å². The van der Waals surface area contributed by atoms with Crippen LogP contribution in [0.2, 0.25) is 0 Å². The van der Waals surface area contributed by atoms with Gasteiger partial charge in [-0.05, 0) is 20.8 Å². The first kappa shape index (κ1) is 20.3. The van der Waals surface area contributed by atoms with Crippen LogP contribution in [0.5, 0.6) is 0 Å². The van der Waals surface area contributed by atoms with Crippen molar-refractivity contribution in [3.05, 3.63) is 26.7 Å². The number of hydrogen-bond donors (Lipinski definition) is 0. The number of carbonyl (C=O) groups excluding carboxylic acids is 1. The summed E-state index contributed by atoms with van der Waals surface area (Å²) in [5.74, 6) is 0.0883. The van der Waals surface area contributed by atoms with E-state index in [1.54, 1.807) is 18.5 Å². The van der Waals surface area contributed by atoms with Crippen molar-refractivity contribution >= 4 is 17.1 Å². The monoisotopic (exact) mass is 393 g/mol. The Labute approximate surface area is 162 Å². The van der Waals surface area contributed by atoms with Gasteiger partial charge in [-0.3, -0.25) is 23.6 Å². The lowest BCUT2D eigenvalue weighted by Gasteiger charge is -2.35. The van der Waals surface area contributed by atoms with E-state index >= 15 is 0 Å². The molecule has 28 heavy (non-hydrogen) atoms. The first-order valence-electron chi connectivity index (χ1n) is 9.41. The van der Waals surface area contributed by atoms with Crippen LogP contribution in [0.3, 0.4) is 0 Å². The van der Waals surface area contributed by atoms with Crippen molar-refractivity contribution in [2.45, 2.75) is 46.1 Å². The van der Waals surface area contributed by atoms with Crippen LogP contribution in [0.15, 0.2) is 9.59 Å². The minimum absolute atomic E-state index is 0.0730. The second kappa shape index (κ2) is 7.88. The van der Waals surface area contributed by atoms with Crippen molar-refractivity contribution < 1.29 is 14.3 Å². The number of imidazole rings is 1. The van der Waals surface area contributed by atoms with Crippen molar-refractivity contribution in [2.24, 2.45) is 14.1 Å². The summed E-state index contributed by atoms with van der Waals surface area (Å²) in [4.78, 5) is 44.0. The molecule has 10 heteroatoms. The van der Waals surface area contributed by atoms with Gasteiger partial charge in [-0.1, -0.05) is 0 Å². The number of hydrogen-bond acceptors (Lipinski definition) is 7. The molecule has 1 aliphatic rings. The molecule has 3 heterocycles. The topological polar surface area (TPSA) is 101 Å². The van der Waals surface area contributed by atoms with Crippen LogP contribution in [0.4, 0.5) is 0 Å². The lowest BCUT2D eigenvalue weighted by molar-refractivity contribution is -0.143. The van der Waals surface area contributed by atoms with E-state index in [0.29, 0.717) is 25.5 Å². The van der Waals surface area contributed by atoms with Crippen molar-refractivity contribution in [3.8, 4) is 0 Å². The molecule has 1 aliphatic heterocycles. The van der Waals surface area contributed by atoms with Gasteiger partial charge in [0.25, 0.3) is 5.56 Å². The number of aryl methyl sites for hydroxylation is 1. The molecule has 2 aromatic rings. The molecule has 2 atom stereocenters. The Kier molecular flexibility index (Phi) is 5.71. The van der Waals surface area contributed by atoms with Gasteiger partial charge in [0.1, 0.15) is 12.4 Å². The van der Waals surface area contributed by atoms with Crippen molar-refractivity contribution in [2.75, 3.05) is 19.7 Å². The molecule has 1 saturated heterocycles. The van der Waals surface area contributed by atoms with Crippen molar-refractivity contribution in [1.82, 2.24) is 23.6 Å². The fourth-order valence-electron chi connectivity index (χ4n) is 3.73. The summed E-state index contributed by atoms with van der Waals surface area (Å²) in [6.07, 6.45) is 0.146. The van der Waals surface area contributed by atoms with E-state index in [9.17, 15) is 14.4 Å². The Morgan fingerprint density at radius 3 is 2.43 bits per heavy atom. The number of carbonyl (C=O) groups is 1. The molecule has 0 N–H and O–H groups in total. The first-order valence-corrected chi connectivity index (χ1v) is 9.41. The van der Waals surface area contributed by atoms with Crippen LogP contribution in [0.25, 0.3) is 11.2 Å². The van der Waals surface area contributed by atoms with E-state index in [2.05, 4.69) is 9.88 Å². The van der Waals surface area contributed by atoms with Crippen molar-refractivity contribution in [3.63, 3.8) is 0 Å². The molecule has 0 radical (unpaired) electrons. The van der Waals surface area contributed by atoms with E-state index < -0.39 is 17.2 Å². The average molecular weight is 393 g/mol. The zero-order valence-electron chi connectivity index (χ0n) is 17.0. The Hall–Kier alpha value is -2.46. The second-order valence-electron chi connectivity index (χ2n) is 7.25. The number of ether oxygens (including phenoxy) is 2. The molecule has 0 amide bonds. The van der Waals surface area contributed by atoms with Gasteiger partial charge in [0.15, 0.2) is 11.2 Å². The Balaban J connectivity index is 2.11. The molecule has 10 nitrogen and oxygen atoms in total. The molecular weight excluding hydrogens is 366 g/mol.